The highest BCUT2D eigenvalue weighted by Crippen LogP contribution is 2.39. The number of nitrogens with zero attached hydrogens (tertiary/aromatic N) is 2. The van der Waals surface area contributed by atoms with E-state index in [9.17, 15) is 19.3 Å². The number of amides is 1. The van der Waals surface area contributed by atoms with E-state index in [1.165, 1.54) is 5.01 Å². The van der Waals surface area contributed by atoms with E-state index in [1.807, 2.05) is 30.3 Å². The molecule has 0 atom stereocenters. The molecule has 1 N–H and O–H groups in total. The summed E-state index contributed by atoms with van der Waals surface area (Å²) in [6, 6.07) is 9.50. The average Bonchev–Trinajstić information content (AvgIpc) is 3.13. The van der Waals surface area contributed by atoms with E-state index >= 15 is 0 Å². The number of hydrogen-bond acceptors (Lipinski definition) is 7. The molecule has 10 nitrogen and oxygen atoms in total. The molecule has 1 aliphatic heterocycles. The maximum Gasteiger partial charge on any atom is 0.407 e. The molecule has 0 radical (unpaired) electrons. The van der Waals surface area contributed by atoms with Crippen LogP contribution in [0.15, 0.2) is 30.3 Å². The van der Waals surface area contributed by atoms with Gasteiger partial charge in [0.1, 0.15) is 29.4 Å². The first kappa shape index (κ1) is 28.4. The average molecular weight is 519 g/mol. The van der Waals surface area contributed by atoms with Gasteiger partial charge in [-0.1, -0.05) is 41.8 Å². The number of ether oxygens (including phenoxy) is 2. The molecule has 1 aliphatic carbocycles. The Hall–Kier alpha value is -3.17. The SMILES string of the molecule is CC(C)(C)OC(=O)CN1CC2(CCC(C(=O)CCCCCNC(=O)OCc3ccccc3)CC2)O[N+]1=O. The number of hydrogen-bond donors (Lipinski definition) is 1. The lowest BCUT2D eigenvalue weighted by Gasteiger charge is -2.30. The van der Waals surface area contributed by atoms with Gasteiger partial charge < -0.3 is 14.8 Å². The van der Waals surface area contributed by atoms with Crippen molar-refractivity contribution in [1.82, 2.24) is 10.3 Å². The molecule has 204 valence electrons. The first-order valence-electron chi connectivity index (χ1n) is 13.2. The van der Waals surface area contributed by atoms with E-state index in [-0.39, 0.29) is 24.9 Å². The lowest BCUT2D eigenvalue weighted by molar-refractivity contribution is -0.891. The van der Waals surface area contributed by atoms with Crippen LogP contribution < -0.4 is 5.32 Å². The number of esters is 1. The zero-order chi connectivity index (χ0) is 26.9. The number of Topliss-reactive ketones (excluding diaryl/α,β-unsaturated/α-hetero) is 1. The van der Waals surface area contributed by atoms with Crippen LogP contribution in [0.1, 0.15) is 77.7 Å². The zero-order valence-electron chi connectivity index (χ0n) is 22.2. The maximum absolute atomic E-state index is 12.7. The van der Waals surface area contributed by atoms with Crippen LogP contribution in [0.2, 0.25) is 0 Å². The summed E-state index contributed by atoms with van der Waals surface area (Å²) in [7, 11) is 0. The van der Waals surface area contributed by atoms with Gasteiger partial charge in [-0.2, -0.15) is 4.84 Å². The summed E-state index contributed by atoms with van der Waals surface area (Å²) < 4.78 is 10.5. The van der Waals surface area contributed by atoms with Crippen molar-refractivity contribution in [2.45, 2.75) is 89.9 Å². The van der Waals surface area contributed by atoms with Gasteiger partial charge in [-0.05, 0) is 64.9 Å². The minimum absolute atomic E-state index is 0.0275. The number of rotatable bonds is 11. The van der Waals surface area contributed by atoms with Crippen LogP contribution in [0.25, 0.3) is 0 Å². The molecular weight excluding hydrogens is 478 g/mol. The van der Waals surface area contributed by atoms with Crippen LogP contribution in [-0.2, 0) is 30.5 Å². The van der Waals surface area contributed by atoms with Gasteiger partial charge in [0.05, 0.1) is 0 Å². The largest absolute Gasteiger partial charge is 0.458 e. The van der Waals surface area contributed by atoms with Crippen LogP contribution in [0, 0.1) is 10.8 Å². The van der Waals surface area contributed by atoms with Crippen molar-refractivity contribution in [2.24, 2.45) is 5.92 Å². The molecule has 1 saturated heterocycles. The summed E-state index contributed by atoms with van der Waals surface area (Å²) in [6.07, 6.45) is 5.00. The second kappa shape index (κ2) is 12.9. The van der Waals surface area contributed by atoms with Crippen LogP contribution >= 0.6 is 0 Å². The summed E-state index contributed by atoms with van der Waals surface area (Å²) in [4.78, 5) is 54.4. The Morgan fingerprint density at radius 1 is 1.11 bits per heavy atom. The summed E-state index contributed by atoms with van der Waals surface area (Å²) in [5, 5.41) is 4.46. The van der Waals surface area contributed by atoms with Crippen LogP contribution in [0.5, 0.6) is 0 Å². The van der Waals surface area contributed by atoms with Gasteiger partial charge in [-0.3, -0.25) is 4.79 Å². The van der Waals surface area contributed by atoms with E-state index in [0.717, 1.165) is 24.8 Å². The third-order valence-corrected chi connectivity index (χ3v) is 6.64. The Morgan fingerprint density at radius 2 is 1.81 bits per heavy atom. The lowest BCUT2D eigenvalue weighted by Crippen LogP contribution is -2.41. The summed E-state index contributed by atoms with van der Waals surface area (Å²) in [6.45, 7) is 6.24. The van der Waals surface area contributed by atoms with Crippen molar-refractivity contribution in [1.29, 1.82) is 0 Å². The molecule has 1 aromatic rings. The van der Waals surface area contributed by atoms with Gasteiger partial charge >= 0.3 is 17.1 Å². The first-order chi connectivity index (χ1) is 17.6. The summed E-state index contributed by atoms with van der Waals surface area (Å²) >= 11 is 0. The minimum atomic E-state index is -0.651. The second-order valence-electron chi connectivity index (χ2n) is 11.0. The Labute approximate surface area is 218 Å². The molecule has 2 fully saturated rings. The fourth-order valence-electron chi connectivity index (χ4n) is 4.76. The normalized spacial score (nSPS) is 21.4. The van der Waals surface area contributed by atoms with E-state index in [1.54, 1.807) is 20.8 Å². The lowest BCUT2D eigenvalue weighted by atomic mass is 9.76. The third-order valence-electron chi connectivity index (χ3n) is 6.64. The first-order valence-corrected chi connectivity index (χ1v) is 13.2. The number of alkyl carbamates (subject to hydrolysis) is 1. The third kappa shape index (κ3) is 9.33. The molecule has 10 heteroatoms. The maximum atomic E-state index is 12.7. The number of nitrogens with one attached hydrogen (secondary N) is 1. The smallest absolute Gasteiger partial charge is 0.407 e. The Balaban J connectivity index is 1.27. The van der Waals surface area contributed by atoms with Crippen molar-refractivity contribution in [2.75, 3.05) is 19.6 Å². The Kier molecular flexibility index (Phi) is 9.88. The molecule has 1 saturated carbocycles. The predicted octanol–water partition coefficient (Wildman–Crippen LogP) is 4.25. The second-order valence-corrected chi connectivity index (χ2v) is 11.0. The van der Waals surface area contributed by atoms with Gasteiger partial charge in [-0.25, -0.2) is 9.59 Å². The van der Waals surface area contributed by atoms with Crippen molar-refractivity contribution in [3.05, 3.63) is 40.8 Å². The molecule has 37 heavy (non-hydrogen) atoms. The van der Waals surface area contributed by atoms with E-state index in [0.29, 0.717) is 50.2 Å². The fraction of sp³-hybridized carbons (Fsp3) is 0.667. The van der Waals surface area contributed by atoms with E-state index in [2.05, 4.69) is 5.32 Å². The van der Waals surface area contributed by atoms with Gasteiger partial charge in [0.2, 0.25) is 5.60 Å². The molecule has 1 spiro atoms. The molecular formula is C27H40N3O7+. The van der Waals surface area contributed by atoms with Crippen molar-refractivity contribution >= 4 is 17.8 Å². The number of carbonyl (C=O) groups excluding carboxylic acids is 3. The van der Waals surface area contributed by atoms with Crippen molar-refractivity contribution < 1.29 is 33.7 Å². The van der Waals surface area contributed by atoms with Crippen LogP contribution in [0.4, 0.5) is 4.79 Å². The van der Waals surface area contributed by atoms with E-state index in [4.69, 9.17) is 14.3 Å². The molecule has 0 unspecified atom stereocenters. The Bertz CT molecular complexity index is 937. The summed E-state index contributed by atoms with van der Waals surface area (Å²) in [5.74, 6) is -0.259. The zero-order valence-corrected chi connectivity index (χ0v) is 22.2. The monoisotopic (exact) mass is 518 g/mol. The van der Waals surface area contributed by atoms with Crippen LogP contribution in [-0.4, -0.2) is 58.7 Å². The minimum Gasteiger partial charge on any atom is -0.458 e. The van der Waals surface area contributed by atoms with Crippen LogP contribution in [0.3, 0.4) is 0 Å². The van der Waals surface area contributed by atoms with Crippen molar-refractivity contribution in [3.8, 4) is 0 Å². The molecule has 0 bridgehead atoms. The molecule has 0 aromatic heterocycles. The predicted molar refractivity (Wildman–Crippen MR) is 135 cm³/mol. The number of unbranched alkanes of at least 4 members (excludes halogenated alkanes) is 2. The Morgan fingerprint density at radius 3 is 2.49 bits per heavy atom. The molecule has 3 rings (SSSR count). The number of ketones is 1. The highest BCUT2D eigenvalue weighted by Gasteiger charge is 2.55. The van der Waals surface area contributed by atoms with Gasteiger partial charge in [0.25, 0.3) is 0 Å². The van der Waals surface area contributed by atoms with Gasteiger partial charge in [0.15, 0.2) is 6.54 Å². The highest BCUT2D eigenvalue weighted by molar-refractivity contribution is 5.81. The van der Waals surface area contributed by atoms with Gasteiger partial charge in [-0.15, -0.1) is 0 Å². The number of hydrazine groups is 1. The van der Waals surface area contributed by atoms with Gasteiger partial charge in [0, 0.05) is 18.9 Å². The quantitative estimate of drug-likeness (QED) is 0.342. The number of benzene rings is 1. The highest BCUT2D eigenvalue weighted by atomic mass is 16.8. The number of carbonyl (C=O) groups is 3. The summed E-state index contributed by atoms with van der Waals surface area (Å²) in [5.41, 5.74) is -0.332. The van der Waals surface area contributed by atoms with Crippen molar-refractivity contribution in [3.63, 3.8) is 0 Å². The molecule has 1 aromatic carbocycles. The topological polar surface area (TPSA) is 114 Å². The molecule has 2 aliphatic rings. The fourth-order valence-corrected chi connectivity index (χ4v) is 4.76. The standard InChI is InChI=1S/C27H39N3O7/c1-26(2,3)36-24(32)18-29-20-27(37-30(29)34)15-13-22(14-16-27)23(31)12-8-5-9-17-28-25(33)35-19-21-10-6-4-7-11-21/h4,6-7,10-11,22H,5,8-9,12-20H2,1-3H3/p+1. The molecule has 1 heterocycles. The van der Waals surface area contributed by atoms with E-state index < -0.39 is 23.3 Å². The molecule has 1 amide bonds.